The quantitative estimate of drug-likeness (QED) is 0.657. The topological polar surface area (TPSA) is 112 Å². The van der Waals surface area contributed by atoms with Gasteiger partial charge in [0.25, 0.3) is 12.0 Å². The molecule has 0 fully saturated rings. The van der Waals surface area contributed by atoms with Crippen LogP contribution in [0.4, 0.5) is 0 Å². The van der Waals surface area contributed by atoms with Crippen molar-refractivity contribution < 1.29 is 20.1 Å². The van der Waals surface area contributed by atoms with Gasteiger partial charge in [-0.15, -0.1) is 0 Å². The molecule has 2 rings (SSSR count). The van der Waals surface area contributed by atoms with E-state index < -0.39 is 0 Å². The van der Waals surface area contributed by atoms with E-state index in [0.717, 1.165) is 0 Å². The third-order valence-electron chi connectivity index (χ3n) is 2.50. The summed E-state index contributed by atoms with van der Waals surface area (Å²) in [6.45, 7) is 1.35. The van der Waals surface area contributed by atoms with Gasteiger partial charge in [0.2, 0.25) is 0 Å². The van der Waals surface area contributed by atoms with Crippen LogP contribution in [0.5, 0.6) is 5.75 Å². The number of fused-ring (bicyclic) bond motifs is 1. The fourth-order valence-electron chi connectivity index (χ4n) is 1.69. The zero-order valence-electron chi connectivity index (χ0n) is 10.3. The molecular weight excluding hydrogens is 252 g/mol. The van der Waals surface area contributed by atoms with Gasteiger partial charge in [-0.1, -0.05) is 0 Å². The van der Waals surface area contributed by atoms with Crippen LogP contribution in [0.2, 0.25) is 0 Å². The van der Waals surface area contributed by atoms with Crippen LogP contribution < -0.4 is 5.56 Å². The number of carbonyl (C=O) groups is 1. The molecular formula is C12H14N2O5. The smallest absolute Gasteiger partial charge is 0.290 e. The summed E-state index contributed by atoms with van der Waals surface area (Å²) in [6, 6.07) is 3.05. The molecule has 0 saturated heterocycles. The van der Waals surface area contributed by atoms with Gasteiger partial charge >= 0.3 is 0 Å². The Kier molecular flexibility index (Phi) is 5.01. The molecule has 2 heterocycles. The maximum Gasteiger partial charge on any atom is 0.290 e. The van der Waals surface area contributed by atoms with Gasteiger partial charge in [0.15, 0.2) is 11.4 Å². The molecule has 0 aromatic carbocycles. The lowest BCUT2D eigenvalue weighted by molar-refractivity contribution is -0.122. The molecule has 3 N–H and O–H groups in total. The molecule has 0 saturated carbocycles. The van der Waals surface area contributed by atoms with Crippen LogP contribution in [-0.2, 0) is 11.2 Å². The highest BCUT2D eigenvalue weighted by molar-refractivity contribution is 5.53. The van der Waals surface area contributed by atoms with E-state index in [4.69, 9.17) is 15.0 Å². The van der Waals surface area contributed by atoms with Crippen molar-refractivity contribution in [2.45, 2.75) is 13.3 Å². The number of carboxylic acid groups (broad SMARTS) is 1. The van der Waals surface area contributed by atoms with Gasteiger partial charge in [0.1, 0.15) is 0 Å². The molecule has 0 bridgehead atoms. The lowest BCUT2D eigenvalue weighted by atomic mass is 10.2. The molecule has 0 atom stereocenters. The van der Waals surface area contributed by atoms with Gasteiger partial charge in [-0.05, 0) is 19.1 Å². The van der Waals surface area contributed by atoms with E-state index in [9.17, 15) is 9.90 Å². The number of aryl methyl sites for hydroxylation is 1. The second kappa shape index (κ2) is 6.50. The minimum Gasteiger partial charge on any atom is -0.504 e. The van der Waals surface area contributed by atoms with Crippen LogP contribution in [0.3, 0.4) is 0 Å². The summed E-state index contributed by atoms with van der Waals surface area (Å²) in [5.74, 6) is -0.0294. The highest BCUT2D eigenvalue weighted by Gasteiger charge is 2.10. The Balaban J connectivity index is 0.000000550. The van der Waals surface area contributed by atoms with E-state index in [0.29, 0.717) is 11.3 Å². The molecule has 19 heavy (non-hydrogen) atoms. The average molecular weight is 266 g/mol. The average Bonchev–Trinajstić information content (AvgIpc) is 2.37. The second-order valence-corrected chi connectivity index (χ2v) is 3.65. The molecule has 0 radical (unpaired) electrons. The minimum absolute atomic E-state index is 0.0294. The Morgan fingerprint density at radius 1 is 1.47 bits per heavy atom. The molecule has 0 aliphatic carbocycles. The molecule has 102 valence electrons. The number of pyridine rings is 1. The zero-order valence-corrected chi connectivity index (χ0v) is 10.3. The van der Waals surface area contributed by atoms with Crippen molar-refractivity contribution >= 4 is 12.1 Å². The minimum atomic E-state index is -0.250. The fraction of sp³-hybridized carbons (Fsp3) is 0.250. The number of rotatable bonds is 2. The maximum absolute atomic E-state index is 12.0. The van der Waals surface area contributed by atoms with Crippen molar-refractivity contribution in [3.05, 3.63) is 39.9 Å². The van der Waals surface area contributed by atoms with E-state index in [1.165, 1.54) is 10.5 Å². The van der Waals surface area contributed by atoms with Crippen molar-refractivity contribution in [2.24, 2.45) is 0 Å². The van der Waals surface area contributed by atoms with Crippen LogP contribution in [-0.4, -0.2) is 37.8 Å². The summed E-state index contributed by atoms with van der Waals surface area (Å²) in [6.07, 6.45) is 1.82. The second-order valence-electron chi connectivity index (χ2n) is 3.65. The Morgan fingerprint density at radius 3 is 2.68 bits per heavy atom. The van der Waals surface area contributed by atoms with E-state index in [-0.39, 0.29) is 36.5 Å². The standard InChI is InChI=1S/C11H12N2O3.CH2O2/c1-7-8(4-6-14)11(16)13-5-2-3-9(15)10(13)12-7;2-1-3/h2-3,5,14-15H,4,6H2,1H3;1H,(H,2,3). The highest BCUT2D eigenvalue weighted by Crippen LogP contribution is 2.14. The molecule has 0 amide bonds. The molecule has 0 unspecified atom stereocenters. The van der Waals surface area contributed by atoms with E-state index >= 15 is 0 Å². The lowest BCUT2D eigenvalue weighted by Crippen LogP contribution is -2.22. The Morgan fingerprint density at radius 2 is 2.11 bits per heavy atom. The van der Waals surface area contributed by atoms with E-state index in [1.807, 2.05) is 0 Å². The van der Waals surface area contributed by atoms with Crippen LogP contribution in [0, 0.1) is 6.92 Å². The van der Waals surface area contributed by atoms with Crippen molar-refractivity contribution in [1.82, 2.24) is 9.38 Å². The van der Waals surface area contributed by atoms with Crippen LogP contribution >= 0.6 is 0 Å². The van der Waals surface area contributed by atoms with E-state index in [1.54, 1.807) is 19.2 Å². The molecule has 2 aromatic heterocycles. The molecule has 2 aromatic rings. The van der Waals surface area contributed by atoms with Gasteiger partial charge in [-0.3, -0.25) is 14.0 Å². The van der Waals surface area contributed by atoms with Crippen LogP contribution in [0.1, 0.15) is 11.3 Å². The number of hydrogen-bond donors (Lipinski definition) is 3. The van der Waals surface area contributed by atoms with Gasteiger partial charge < -0.3 is 15.3 Å². The van der Waals surface area contributed by atoms with Gasteiger partial charge in [0.05, 0.1) is 0 Å². The molecule has 0 aliphatic heterocycles. The number of aliphatic hydroxyl groups excluding tert-OH is 1. The van der Waals surface area contributed by atoms with Gasteiger partial charge in [0, 0.05) is 30.5 Å². The summed E-state index contributed by atoms with van der Waals surface area (Å²) in [7, 11) is 0. The SMILES string of the molecule is Cc1nc2c(O)cccn2c(=O)c1CCO.O=CO. The Hall–Kier alpha value is -2.41. The first-order valence-electron chi connectivity index (χ1n) is 5.45. The molecule has 0 spiro atoms. The monoisotopic (exact) mass is 266 g/mol. The summed E-state index contributed by atoms with van der Waals surface area (Å²) >= 11 is 0. The van der Waals surface area contributed by atoms with Crippen LogP contribution in [0.15, 0.2) is 23.1 Å². The van der Waals surface area contributed by atoms with E-state index in [2.05, 4.69) is 4.98 Å². The third-order valence-corrected chi connectivity index (χ3v) is 2.50. The molecule has 7 nitrogen and oxygen atoms in total. The number of aromatic nitrogens is 2. The van der Waals surface area contributed by atoms with Gasteiger partial charge in [-0.2, -0.15) is 0 Å². The molecule has 7 heteroatoms. The number of aliphatic hydroxyl groups is 1. The predicted octanol–water partition coefficient (Wildman–Crippen LogP) is -0.0559. The van der Waals surface area contributed by atoms with Crippen molar-refractivity contribution in [3.8, 4) is 5.75 Å². The van der Waals surface area contributed by atoms with Gasteiger partial charge in [-0.25, -0.2) is 4.98 Å². The summed E-state index contributed by atoms with van der Waals surface area (Å²) in [5, 5.41) is 25.3. The summed E-state index contributed by atoms with van der Waals surface area (Å²) in [4.78, 5) is 24.5. The Bertz CT molecular complexity index is 636. The first kappa shape index (κ1) is 14.7. The van der Waals surface area contributed by atoms with Crippen LogP contribution in [0.25, 0.3) is 5.65 Å². The summed E-state index contributed by atoms with van der Waals surface area (Å²) in [5.41, 5.74) is 1.02. The first-order valence-corrected chi connectivity index (χ1v) is 5.45. The number of nitrogens with zero attached hydrogens (tertiary/aromatic N) is 2. The van der Waals surface area contributed by atoms with Crippen molar-refractivity contribution in [3.63, 3.8) is 0 Å². The number of hydrogen-bond acceptors (Lipinski definition) is 5. The number of aromatic hydroxyl groups is 1. The van der Waals surface area contributed by atoms with Crippen molar-refractivity contribution in [2.75, 3.05) is 6.61 Å². The third kappa shape index (κ3) is 3.08. The maximum atomic E-state index is 12.0. The first-order chi connectivity index (χ1) is 9.06. The summed E-state index contributed by atoms with van der Waals surface area (Å²) < 4.78 is 1.29. The normalized spacial score (nSPS) is 9.79. The lowest BCUT2D eigenvalue weighted by Gasteiger charge is -2.07. The fourth-order valence-corrected chi connectivity index (χ4v) is 1.69. The Labute approximate surface area is 108 Å². The predicted molar refractivity (Wildman–Crippen MR) is 67.3 cm³/mol. The van der Waals surface area contributed by atoms with Crippen molar-refractivity contribution in [1.29, 1.82) is 0 Å². The zero-order chi connectivity index (χ0) is 14.4. The molecule has 0 aliphatic rings. The highest BCUT2D eigenvalue weighted by atomic mass is 16.3. The largest absolute Gasteiger partial charge is 0.504 e.